The van der Waals surface area contributed by atoms with Gasteiger partial charge in [-0.1, -0.05) is 30.3 Å². The number of nitrogens with zero attached hydrogens (tertiary/aromatic N) is 1. The Morgan fingerprint density at radius 2 is 1.83 bits per heavy atom. The quantitative estimate of drug-likeness (QED) is 0.827. The van der Waals surface area contributed by atoms with Crippen molar-refractivity contribution in [2.45, 2.75) is 12.8 Å². The van der Waals surface area contributed by atoms with Crippen LogP contribution in [-0.2, 0) is 0 Å². The molecule has 18 heavy (non-hydrogen) atoms. The molecule has 92 valence electrons. The summed E-state index contributed by atoms with van der Waals surface area (Å²) in [6.45, 7) is 1.82. The van der Waals surface area contributed by atoms with Gasteiger partial charge >= 0.3 is 0 Å². The molecule has 2 nitrogen and oxygen atoms in total. The Hall–Kier alpha value is -1.80. The van der Waals surface area contributed by atoms with Crippen LogP contribution in [0.2, 0.25) is 0 Å². The molecule has 0 atom stereocenters. The molecular weight excluding hydrogens is 220 g/mol. The van der Waals surface area contributed by atoms with Crippen molar-refractivity contribution in [3.63, 3.8) is 0 Å². The molecule has 1 aliphatic heterocycles. The molecule has 0 amide bonds. The largest absolute Gasteiger partial charge is 0.347 e. The molecule has 1 aliphatic rings. The van der Waals surface area contributed by atoms with Crippen LogP contribution in [-0.4, -0.2) is 13.1 Å². The zero-order valence-electron chi connectivity index (χ0n) is 10.5. The monoisotopic (exact) mass is 238 g/mol. The van der Waals surface area contributed by atoms with E-state index in [4.69, 9.17) is 5.73 Å². The van der Waals surface area contributed by atoms with Crippen LogP contribution in [0.5, 0.6) is 0 Å². The lowest BCUT2D eigenvalue weighted by molar-refractivity contribution is 0.740. The molecule has 2 N–H and O–H groups in total. The van der Waals surface area contributed by atoms with Crippen LogP contribution in [0, 0.1) is 0 Å². The van der Waals surface area contributed by atoms with Crippen molar-refractivity contribution in [1.82, 2.24) is 0 Å². The Morgan fingerprint density at radius 1 is 1.00 bits per heavy atom. The molecule has 3 rings (SSSR count). The molecule has 0 aliphatic carbocycles. The van der Waals surface area contributed by atoms with Gasteiger partial charge in [-0.2, -0.15) is 0 Å². The maximum atomic E-state index is 5.56. The standard InChI is InChI=1S/C16H18N2/c17-10-1-2-11-18-12-9-14-6-3-5-13-7-4-8-15(18)16(13)14/h3-9,12H,1-2,10-11,17H2. The number of hydrogen-bond acceptors (Lipinski definition) is 2. The first kappa shape index (κ1) is 11.3. The fraction of sp³-hybridized carbons (Fsp3) is 0.250. The highest BCUT2D eigenvalue weighted by Gasteiger charge is 2.13. The van der Waals surface area contributed by atoms with E-state index in [0.29, 0.717) is 0 Å². The fourth-order valence-electron chi connectivity index (χ4n) is 2.60. The van der Waals surface area contributed by atoms with Gasteiger partial charge in [0, 0.05) is 23.8 Å². The van der Waals surface area contributed by atoms with Gasteiger partial charge in [0.2, 0.25) is 0 Å². The van der Waals surface area contributed by atoms with Crippen molar-refractivity contribution in [3.8, 4) is 0 Å². The molecule has 2 aromatic carbocycles. The minimum Gasteiger partial charge on any atom is -0.347 e. The van der Waals surface area contributed by atoms with Crippen molar-refractivity contribution in [3.05, 3.63) is 48.2 Å². The molecule has 2 aromatic rings. The highest BCUT2D eigenvalue weighted by molar-refractivity contribution is 6.02. The molecule has 1 heterocycles. The lowest BCUT2D eigenvalue weighted by Crippen LogP contribution is -2.20. The van der Waals surface area contributed by atoms with E-state index in [9.17, 15) is 0 Å². The van der Waals surface area contributed by atoms with E-state index >= 15 is 0 Å². The molecular formula is C16H18N2. The Balaban J connectivity index is 1.99. The molecule has 0 bridgehead atoms. The van der Waals surface area contributed by atoms with E-state index in [1.807, 2.05) is 0 Å². The fourth-order valence-corrected chi connectivity index (χ4v) is 2.60. The molecule has 0 saturated carbocycles. The first-order chi connectivity index (χ1) is 8.90. The maximum absolute atomic E-state index is 5.56. The summed E-state index contributed by atoms with van der Waals surface area (Å²) in [4.78, 5) is 2.34. The zero-order valence-corrected chi connectivity index (χ0v) is 10.5. The summed E-state index contributed by atoms with van der Waals surface area (Å²) in [5.41, 5.74) is 8.20. The van der Waals surface area contributed by atoms with Gasteiger partial charge in [0.05, 0.1) is 0 Å². The Bertz CT molecular complexity index is 581. The van der Waals surface area contributed by atoms with E-state index in [2.05, 4.69) is 53.6 Å². The lowest BCUT2D eigenvalue weighted by atomic mass is 9.99. The zero-order chi connectivity index (χ0) is 12.4. The third-order valence-electron chi connectivity index (χ3n) is 3.51. The van der Waals surface area contributed by atoms with Crippen LogP contribution in [0.4, 0.5) is 5.69 Å². The second-order valence-corrected chi connectivity index (χ2v) is 4.73. The van der Waals surface area contributed by atoms with Gasteiger partial charge < -0.3 is 10.6 Å². The summed E-state index contributed by atoms with van der Waals surface area (Å²) in [5.74, 6) is 0. The number of nitrogens with two attached hydrogens (primary N) is 1. The van der Waals surface area contributed by atoms with E-state index in [0.717, 1.165) is 25.9 Å². The predicted molar refractivity (Wildman–Crippen MR) is 78.6 cm³/mol. The van der Waals surface area contributed by atoms with Gasteiger partial charge in [-0.3, -0.25) is 0 Å². The third-order valence-corrected chi connectivity index (χ3v) is 3.51. The normalized spacial score (nSPS) is 13.3. The van der Waals surface area contributed by atoms with Crippen LogP contribution in [0.1, 0.15) is 18.4 Å². The SMILES string of the molecule is NCCCCN1C=Cc2cccc3cccc1c23. The smallest absolute Gasteiger partial charge is 0.0491 e. The minimum atomic E-state index is 0.776. The van der Waals surface area contributed by atoms with Crippen LogP contribution in [0.15, 0.2) is 42.6 Å². The highest BCUT2D eigenvalue weighted by atomic mass is 15.1. The topological polar surface area (TPSA) is 29.3 Å². The summed E-state index contributed by atoms with van der Waals surface area (Å²) in [5, 5.41) is 2.69. The van der Waals surface area contributed by atoms with Gasteiger partial charge in [-0.25, -0.2) is 0 Å². The average molecular weight is 238 g/mol. The van der Waals surface area contributed by atoms with Crippen molar-refractivity contribution in [2.75, 3.05) is 18.0 Å². The molecule has 0 saturated heterocycles. The van der Waals surface area contributed by atoms with Crippen LogP contribution < -0.4 is 10.6 Å². The molecule has 2 heteroatoms. The van der Waals surface area contributed by atoms with E-state index in [1.54, 1.807) is 0 Å². The van der Waals surface area contributed by atoms with Gasteiger partial charge in [-0.05, 0) is 42.5 Å². The van der Waals surface area contributed by atoms with E-state index in [1.165, 1.54) is 22.0 Å². The second-order valence-electron chi connectivity index (χ2n) is 4.73. The Kier molecular flexibility index (Phi) is 3.03. The summed E-state index contributed by atoms with van der Waals surface area (Å²) in [6.07, 6.45) is 6.62. The van der Waals surface area contributed by atoms with Crippen molar-refractivity contribution in [1.29, 1.82) is 0 Å². The van der Waals surface area contributed by atoms with E-state index in [-0.39, 0.29) is 0 Å². The summed E-state index contributed by atoms with van der Waals surface area (Å²) >= 11 is 0. The van der Waals surface area contributed by atoms with Gasteiger partial charge in [0.15, 0.2) is 0 Å². The number of benzene rings is 2. The number of unbranched alkanes of at least 4 members (excludes halogenated alkanes) is 1. The summed E-state index contributed by atoms with van der Waals surface area (Å²) < 4.78 is 0. The number of rotatable bonds is 4. The molecule has 0 spiro atoms. The Morgan fingerprint density at radius 3 is 2.67 bits per heavy atom. The maximum Gasteiger partial charge on any atom is 0.0491 e. The first-order valence-corrected chi connectivity index (χ1v) is 6.57. The van der Waals surface area contributed by atoms with Crippen molar-refractivity contribution < 1.29 is 0 Å². The first-order valence-electron chi connectivity index (χ1n) is 6.57. The summed E-state index contributed by atoms with van der Waals surface area (Å²) in [6, 6.07) is 13.0. The van der Waals surface area contributed by atoms with Crippen LogP contribution in [0.25, 0.3) is 16.8 Å². The van der Waals surface area contributed by atoms with Gasteiger partial charge in [-0.15, -0.1) is 0 Å². The van der Waals surface area contributed by atoms with Crippen molar-refractivity contribution >= 4 is 22.5 Å². The minimum absolute atomic E-state index is 0.776. The molecule has 0 radical (unpaired) electrons. The number of anilines is 1. The van der Waals surface area contributed by atoms with Crippen LogP contribution >= 0.6 is 0 Å². The highest BCUT2D eigenvalue weighted by Crippen LogP contribution is 2.34. The van der Waals surface area contributed by atoms with Gasteiger partial charge in [0.25, 0.3) is 0 Å². The summed E-state index contributed by atoms with van der Waals surface area (Å²) in [7, 11) is 0. The predicted octanol–water partition coefficient (Wildman–Crippen LogP) is 3.37. The molecule has 0 fully saturated rings. The van der Waals surface area contributed by atoms with Gasteiger partial charge in [0.1, 0.15) is 0 Å². The third kappa shape index (κ3) is 1.89. The van der Waals surface area contributed by atoms with Crippen molar-refractivity contribution in [2.24, 2.45) is 5.73 Å². The molecule has 0 unspecified atom stereocenters. The number of hydrogen-bond donors (Lipinski definition) is 1. The Labute approximate surface area is 108 Å². The van der Waals surface area contributed by atoms with E-state index < -0.39 is 0 Å². The van der Waals surface area contributed by atoms with Crippen LogP contribution in [0.3, 0.4) is 0 Å². The molecule has 0 aromatic heterocycles. The second kappa shape index (κ2) is 4.83. The lowest BCUT2D eigenvalue weighted by Gasteiger charge is -2.26. The average Bonchev–Trinajstić information content (AvgIpc) is 2.42.